The van der Waals surface area contributed by atoms with E-state index < -0.39 is 0 Å². The third-order valence-electron chi connectivity index (χ3n) is 3.81. The van der Waals surface area contributed by atoms with Gasteiger partial charge in [-0.2, -0.15) is 0 Å². The van der Waals surface area contributed by atoms with E-state index in [2.05, 4.69) is 14.8 Å². The molecule has 0 saturated carbocycles. The van der Waals surface area contributed by atoms with Crippen LogP contribution in [0.25, 0.3) is 0 Å². The van der Waals surface area contributed by atoms with Crippen LogP contribution in [0.1, 0.15) is 25.7 Å². The molecule has 2 aliphatic rings. The number of hydrogen-bond acceptors (Lipinski definition) is 3. The zero-order valence-electron chi connectivity index (χ0n) is 10.6. The average molecular weight is 239 g/mol. The Morgan fingerprint density at radius 2 is 2.00 bits per heavy atom. The lowest BCUT2D eigenvalue weighted by Crippen LogP contribution is -2.37. The Kier molecular flexibility index (Phi) is 4.62. The molecule has 2 fully saturated rings. The average Bonchev–Trinajstić information content (AvgIpc) is 2.63. The van der Waals surface area contributed by atoms with Crippen molar-refractivity contribution >= 4 is 5.96 Å². The maximum Gasteiger partial charge on any atom is 0.185 e. The van der Waals surface area contributed by atoms with Crippen molar-refractivity contribution < 1.29 is 0 Å². The molecule has 0 aromatic rings. The van der Waals surface area contributed by atoms with E-state index in [4.69, 9.17) is 11.5 Å². The molecule has 0 aromatic carbocycles. The molecule has 0 aromatic heterocycles. The van der Waals surface area contributed by atoms with Gasteiger partial charge in [0.05, 0.1) is 0 Å². The van der Waals surface area contributed by atoms with Gasteiger partial charge < -0.3 is 16.4 Å². The first-order valence-corrected chi connectivity index (χ1v) is 6.77. The van der Waals surface area contributed by atoms with E-state index in [1.165, 1.54) is 45.4 Å². The van der Waals surface area contributed by atoms with Crippen molar-refractivity contribution in [3.05, 3.63) is 0 Å². The molecule has 0 bridgehead atoms. The van der Waals surface area contributed by atoms with Gasteiger partial charge in [-0.25, -0.2) is 0 Å². The third-order valence-corrected chi connectivity index (χ3v) is 3.81. The number of nitrogens with zero attached hydrogens (tertiary/aromatic N) is 3. The smallest absolute Gasteiger partial charge is 0.185 e. The van der Waals surface area contributed by atoms with Gasteiger partial charge in [0, 0.05) is 19.1 Å². The molecule has 2 saturated heterocycles. The van der Waals surface area contributed by atoms with Crippen molar-refractivity contribution in [2.45, 2.75) is 31.7 Å². The predicted molar refractivity (Wildman–Crippen MR) is 70.9 cm³/mol. The summed E-state index contributed by atoms with van der Waals surface area (Å²) in [5.41, 5.74) is 10.6. The third kappa shape index (κ3) is 3.85. The summed E-state index contributed by atoms with van der Waals surface area (Å²) >= 11 is 0. The van der Waals surface area contributed by atoms with Crippen molar-refractivity contribution in [3.63, 3.8) is 0 Å². The topological polar surface area (TPSA) is 70.9 Å². The second-order valence-corrected chi connectivity index (χ2v) is 5.15. The molecule has 0 amide bonds. The monoisotopic (exact) mass is 239 g/mol. The minimum atomic E-state index is 0.211. The molecule has 0 radical (unpaired) electrons. The number of fused-ring (bicyclic) bond motifs is 1. The Morgan fingerprint density at radius 1 is 1.18 bits per heavy atom. The Morgan fingerprint density at radius 3 is 2.82 bits per heavy atom. The van der Waals surface area contributed by atoms with Crippen molar-refractivity contribution in [2.24, 2.45) is 16.5 Å². The molecule has 4 N–H and O–H groups in total. The lowest BCUT2D eigenvalue weighted by Gasteiger charge is -2.25. The SMILES string of the molecule is NC(N)=NCCCN1CCCN2CCCC2C1. The molecular formula is C12H25N5. The second kappa shape index (κ2) is 6.21. The second-order valence-electron chi connectivity index (χ2n) is 5.15. The first kappa shape index (κ1) is 12.6. The van der Waals surface area contributed by atoms with E-state index in [9.17, 15) is 0 Å². The number of guanidine groups is 1. The van der Waals surface area contributed by atoms with Gasteiger partial charge in [-0.3, -0.25) is 9.89 Å². The van der Waals surface area contributed by atoms with Crippen LogP contribution in [0.3, 0.4) is 0 Å². The van der Waals surface area contributed by atoms with Crippen molar-refractivity contribution in [1.82, 2.24) is 9.80 Å². The molecule has 1 unspecified atom stereocenters. The van der Waals surface area contributed by atoms with Crippen molar-refractivity contribution in [1.29, 1.82) is 0 Å². The fourth-order valence-electron chi connectivity index (χ4n) is 2.99. The van der Waals surface area contributed by atoms with Gasteiger partial charge in [-0.1, -0.05) is 0 Å². The van der Waals surface area contributed by atoms with Crippen LogP contribution in [0, 0.1) is 0 Å². The molecule has 2 aliphatic heterocycles. The summed E-state index contributed by atoms with van der Waals surface area (Å²) in [6.07, 6.45) is 5.13. The van der Waals surface area contributed by atoms with Crippen LogP contribution in [0.5, 0.6) is 0 Å². The summed E-state index contributed by atoms with van der Waals surface area (Å²) in [7, 11) is 0. The highest BCUT2D eigenvalue weighted by atomic mass is 15.3. The van der Waals surface area contributed by atoms with Crippen LogP contribution in [0.4, 0.5) is 0 Å². The van der Waals surface area contributed by atoms with E-state index in [1.54, 1.807) is 0 Å². The van der Waals surface area contributed by atoms with Crippen LogP contribution in [-0.4, -0.2) is 61.1 Å². The minimum absolute atomic E-state index is 0.211. The molecule has 1 atom stereocenters. The Labute approximate surface area is 104 Å². The normalized spacial score (nSPS) is 26.5. The quantitative estimate of drug-likeness (QED) is 0.406. The summed E-state index contributed by atoms with van der Waals surface area (Å²) in [5, 5.41) is 0. The first-order valence-electron chi connectivity index (χ1n) is 6.77. The Bertz CT molecular complexity index is 262. The summed E-state index contributed by atoms with van der Waals surface area (Å²) in [5.74, 6) is 0.211. The van der Waals surface area contributed by atoms with E-state index in [-0.39, 0.29) is 5.96 Å². The van der Waals surface area contributed by atoms with Crippen LogP contribution < -0.4 is 11.5 Å². The predicted octanol–water partition coefficient (Wildman–Crippen LogP) is -0.180. The van der Waals surface area contributed by atoms with Crippen molar-refractivity contribution in [3.8, 4) is 0 Å². The van der Waals surface area contributed by atoms with E-state index in [0.717, 1.165) is 25.6 Å². The number of rotatable bonds is 4. The number of nitrogens with two attached hydrogens (primary N) is 2. The highest BCUT2D eigenvalue weighted by Gasteiger charge is 2.28. The summed E-state index contributed by atoms with van der Waals surface area (Å²) in [4.78, 5) is 9.28. The van der Waals surface area contributed by atoms with E-state index >= 15 is 0 Å². The largest absolute Gasteiger partial charge is 0.370 e. The highest BCUT2D eigenvalue weighted by Crippen LogP contribution is 2.21. The van der Waals surface area contributed by atoms with Crippen LogP contribution in [0.2, 0.25) is 0 Å². The van der Waals surface area contributed by atoms with Gasteiger partial charge >= 0.3 is 0 Å². The molecule has 0 aliphatic carbocycles. The van der Waals surface area contributed by atoms with Gasteiger partial charge in [-0.15, -0.1) is 0 Å². The van der Waals surface area contributed by atoms with Gasteiger partial charge in [0.15, 0.2) is 5.96 Å². The Hall–Kier alpha value is -0.810. The van der Waals surface area contributed by atoms with Crippen molar-refractivity contribution in [2.75, 3.05) is 39.3 Å². The zero-order valence-corrected chi connectivity index (χ0v) is 10.6. The summed E-state index contributed by atoms with van der Waals surface area (Å²) in [6.45, 7) is 6.95. The van der Waals surface area contributed by atoms with Crippen LogP contribution in [-0.2, 0) is 0 Å². The highest BCUT2D eigenvalue weighted by molar-refractivity contribution is 5.75. The van der Waals surface area contributed by atoms with Gasteiger partial charge in [0.2, 0.25) is 0 Å². The van der Waals surface area contributed by atoms with E-state index in [1.807, 2.05) is 0 Å². The number of hydrogen-bond donors (Lipinski definition) is 2. The molecule has 2 heterocycles. The molecule has 2 rings (SSSR count). The van der Waals surface area contributed by atoms with Gasteiger partial charge in [-0.05, 0) is 51.9 Å². The standard InChI is InChI=1S/C12H25N5/c13-12(14)15-5-2-6-16-7-3-9-17-8-1-4-11(17)10-16/h11H,1-10H2,(H4,13,14,15). The molecule has 98 valence electrons. The molecular weight excluding hydrogens is 214 g/mol. The van der Waals surface area contributed by atoms with E-state index in [0.29, 0.717) is 0 Å². The molecule has 5 nitrogen and oxygen atoms in total. The van der Waals surface area contributed by atoms with Gasteiger partial charge in [0.1, 0.15) is 0 Å². The minimum Gasteiger partial charge on any atom is -0.370 e. The molecule has 17 heavy (non-hydrogen) atoms. The Balaban J connectivity index is 1.71. The maximum atomic E-state index is 5.31. The fourth-order valence-corrected chi connectivity index (χ4v) is 2.99. The lowest BCUT2D eigenvalue weighted by atomic mass is 10.2. The van der Waals surface area contributed by atoms with Crippen LogP contribution in [0.15, 0.2) is 4.99 Å². The summed E-state index contributed by atoms with van der Waals surface area (Å²) < 4.78 is 0. The first-order chi connectivity index (χ1) is 8.25. The number of aliphatic imine (C=N–C) groups is 1. The zero-order chi connectivity index (χ0) is 12.1. The molecule has 5 heteroatoms. The lowest BCUT2D eigenvalue weighted by molar-refractivity contribution is 0.219. The maximum absolute atomic E-state index is 5.31. The van der Waals surface area contributed by atoms with Gasteiger partial charge in [0.25, 0.3) is 0 Å². The molecule has 0 spiro atoms. The fraction of sp³-hybridized carbons (Fsp3) is 0.917. The summed E-state index contributed by atoms with van der Waals surface area (Å²) in [6, 6.07) is 0.806. The van der Waals surface area contributed by atoms with Crippen LogP contribution >= 0.6 is 0 Å².